The van der Waals surface area contributed by atoms with Gasteiger partial charge in [0.2, 0.25) is 0 Å². The fourth-order valence-electron chi connectivity index (χ4n) is 2.42. The highest BCUT2D eigenvalue weighted by Gasteiger charge is 2.10. The van der Waals surface area contributed by atoms with Gasteiger partial charge in [0.15, 0.2) is 0 Å². The van der Waals surface area contributed by atoms with Crippen LogP contribution in [0.25, 0.3) is 22.0 Å². The van der Waals surface area contributed by atoms with Crippen molar-refractivity contribution in [3.8, 4) is 11.3 Å². The Bertz CT molecular complexity index is 746. The Hall–Kier alpha value is -2.35. The van der Waals surface area contributed by atoms with E-state index in [1.807, 2.05) is 37.3 Å². The Labute approximate surface area is 112 Å². The predicted molar refractivity (Wildman–Crippen MR) is 81.1 cm³/mol. The summed E-state index contributed by atoms with van der Waals surface area (Å²) in [7, 11) is 0. The largest absolute Gasteiger partial charge is 0.396 e. The highest BCUT2D eigenvalue weighted by atomic mass is 14.8. The first-order chi connectivity index (χ1) is 9.16. The van der Waals surface area contributed by atoms with E-state index in [0.29, 0.717) is 0 Å². The first-order valence-corrected chi connectivity index (χ1v) is 6.38. The lowest BCUT2D eigenvalue weighted by Gasteiger charge is -2.11. The lowest BCUT2D eigenvalue weighted by molar-refractivity contribution is 1.24. The van der Waals surface area contributed by atoms with E-state index in [0.717, 1.165) is 33.4 Å². The number of hydrogen-bond donors (Lipinski definition) is 1. The molecule has 0 aliphatic rings. The number of anilines is 1. The SMILES string of the molecule is Cc1ccc2c(N)c(-c3ccccc3)nc(C)c2c1. The number of nitrogens with zero attached hydrogens (tertiary/aromatic N) is 1. The second-order valence-corrected chi connectivity index (χ2v) is 4.87. The van der Waals surface area contributed by atoms with Gasteiger partial charge in [-0.1, -0.05) is 48.0 Å². The lowest BCUT2D eigenvalue weighted by Crippen LogP contribution is -1.98. The number of benzene rings is 2. The smallest absolute Gasteiger partial charge is 0.0940 e. The minimum Gasteiger partial charge on any atom is -0.396 e. The molecule has 0 amide bonds. The van der Waals surface area contributed by atoms with Crippen LogP contribution in [-0.2, 0) is 0 Å². The van der Waals surface area contributed by atoms with Crippen LogP contribution >= 0.6 is 0 Å². The zero-order valence-electron chi connectivity index (χ0n) is 11.1. The average molecular weight is 248 g/mol. The Kier molecular flexibility index (Phi) is 2.71. The van der Waals surface area contributed by atoms with Crippen LogP contribution < -0.4 is 5.73 Å². The minimum absolute atomic E-state index is 0.756. The third kappa shape index (κ3) is 1.95. The Morgan fingerprint density at radius 1 is 0.895 bits per heavy atom. The van der Waals surface area contributed by atoms with Gasteiger partial charge < -0.3 is 5.73 Å². The molecule has 0 atom stereocenters. The lowest BCUT2D eigenvalue weighted by atomic mass is 10.0. The molecule has 94 valence electrons. The number of aryl methyl sites for hydroxylation is 2. The normalized spacial score (nSPS) is 10.8. The summed E-state index contributed by atoms with van der Waals surface area (Å²) in [6.45, 7) is 4.12. The topological polar surface area (TPSA) is 38.9 Å². The second-order valence-electron chi connectivity index (χ2n) is 4.87. The van der Waals surface area contributed by atoms with Crippen LogP contribution in [0.1, 0.15) is 11.3 Å². The molecule has 0 saturated heterocycles. The van der Waals surface area contributed by atoms with Gasteiger partial charge >= 0.3 is 0 Å². The van der Waals surface area contributed by atoms with Crippen LogP contribution in [0.5, 0.6) is 0 Å². The zero-order valence-corrected chi connectivity index (χ0v) is 11.1. The number of hydrogen-bond acceptors (Lipinski definition) is 2. The van der Waals surface area contributed by atoms with Crippen LogP contribution in [0.15, 0.2) is 48.5 Å². The molecule has 2 nitrogen and oxygen atoms in total. The number of aromatic nitrogens is 1. The molecule has 2 aromatic carbocycles. The Morgan fingerprint density at radius 3 is 2.37 bits per heavy atom. The van der Waals surface area contributed by atoms with Crippen molar-refractivity contribution in [1.82, 2.24) is 4.98 Å². The van der Waals surface area contributed by atoms with E-state index in [1.54, 1.807) is 0 Å². The van der Waals surface area contributed by atoms with Crippen molar-refractivity contribution in [1.29, 1.82) is 0 Å². The summed E-state index contributed by atoms with van der Waals surface area (Å²) >= 11 is 0. The van der Waals surface area contributed by atoms with Crippen LogP contribution in [-0.4, -0.2) is 4.98 Å². The molecule has 1 heterocycles. The van der Waals surface area contributed by atoms with Gasteiger partial charge in [0.25, 0.3) is 0 Å². The molecule has 0 spiro atoms. The van der Waals surface area contributed by atoms with Crippen molar-refractivity contribution >= 4 is 16.5 Å². The van der Waals surface area contributed by atoms with Gasteiger partial charge in [-0.05, 0) is 19.9 Å². The van der Waals surface area contributed by atoms with Gasteiger partial charge in [0.1, 0.15) is 0 Å². The van der Waals surface area contributed by atoms with Gasteiger partial charge in [-0.3, -0.25) is 4.98 Å². The fraction of sp³-hybridized carbons (Fsp3) is 0.118. The van der Waals surface area contributed by atoms with Gasteiger partial charge in [-0.15, -0.1) is 0 Å². The van der Waals surface area contributed by atoms with Crippen molar-refractivity contribution in [3.63, 3.8) is 0 Å². The summed E-state index contributed by atoms with van der Waals surface area (Å²) in [6, 6.07) is 16.4. The number of fused-ring (bicyclic) bond motifs is 1. The number of nitrogen functional groups attached to an aromatic ring is 1. The summed E-state index contributed by atoms with van der Waals surface area (Å²) in [5, 5.41) is 2.22. The molecule has 2 N–H and O–H groups in total. The van der Waals surface area contributed by atoms with E-state index in [4.69, 9.17) is 5.73 Å². The van der Waals surface area contributed by atoms with Crippen molar-refractivity contribution < 1.29 is 0 Å². The highest BCUT2D eigenvalue weighted by Crippen LogP contribution is 2.32. The molecule has 0 saturated carbocycles. The summed E-state index contributed by atoms with van der Waals surface area (Å²) < 4.78 is 0. The molecule has 0 radical (unpaired) electrons. The van der Waals surface area contributed by atoms with Crippen LogP contribution in [0.4, 0.5) is 5.69 Å². The maximum atomic E-state index is 6.31. The molecule has 1 aromatic heterocycles. The molecule has 19 heavy (non-hydrogen) atoms. The number of nitrogens with two attached hydrogens (primary N) is 1. The first kappa shape index (κ1) is 11.7. The second kappa shape index (κ2) is 4.39. The molecule has 0 fully saturated rings. The van der Waals surface area contributed by atoms with Crippen molar-refractivity contribution in [2.24, 2.45) is 0 Å². The van der Waals surface area contributed by atoms with Crippen LogP contribution in [0.3, 0.4) is 0 Å². The minimum atomic E-state index is 0.756. The molecule has 2 heteroatoms. The summed E-state index contributed by atoms with van der Waals surface area (Å²) in [6.07, 6.45) is 0. The van der Waals surface area contributed by atoms with Crippen LogP contribution in [0, 0.1) is 13.8 Å². The highest BCUT2D eigenvalue weighted by molar-refractivity contribution is 6.00. The average Bonchev–Trinajstić information content (AvgIpc) is 2.43. The molecule has 0 aliphatic heterocycles. The Morgan fingerprint density at radius 2 is 1.63 bits per heavy atom. The number of rotatable bonds is 1. The van der Waals surface area contributed by atoms with Crippen molar-refractivity contribution in [2.45, 2.75) is 13.8 Å². The van der Waals surface area contributed by atoms with E-state index >= 15 is 0 Å². The van der Waals surface area contributed by atoms with E-state index in [1.165, 1.54) is 5.56 Å². The van der Waals surface area contributed by atoms with Crippen molar-refractivity contribution in [2.75, 3.05) is 5.73 Å². The predicted octanol–water partition coefficient (Wildman–Crippen LogP) is 4.10. The van der Waals surface area contributed by atoms with E-state index < -0.39 is 0 Å². The molecule has 0 bridgehead atoms. The maximum absolute atomic E-state index is 6.31. The van der Waals surface area contributed by atoms with Gasteiger partial charge in [-0.25, -0.2) is 0 Å². The monoisotopic (exact) mass is 248 g/mol. The Balaban J connectivity index is 2.34. The third-order valence-electron chi connectivity index (χ3n) is 3.44. The molecular formula is C17H16N2. The first-order valence-electron chi connectivity index (χ1n) is 6.38. The van der Waals surface area contributed by atoms with Crippen LogP contribution in [0.2, 0.25) is 0 Å². The number of pyridine rings is 1. The molecule has 0 aliphatic carbocycles. The van der Waals surface area contributed by atoms with E-state index in [9.17, 15) is 0 Å². The van der Waals surface area contributed by atoms with Gasteiger partial charge in [0, 0.05) is 22.0 Å². The summed E-state index contributed by atoms with van der Waals surface area (Å²) in [5.74, 6) is 0. The summed E-state index contributed by atoms with van der Waals surface area (Å²) in [5.41, 5.74) is 11.2. The zero-order chi connectivity index (χ0) is 13.4. The standard InChI is InChI=1S/C17H16N2/c1-11-8-9-14-15(10-11)12(2)19-17(16(14)18)13-6-4-3-5-7-13/h3-10H,18H2,1-2H3. The van der Waals surface area contributed by atoms with Gasteiger partial charge in [0.05, 0.1) is 11.4 Å². The third-order valence-corrected chi connectivity index (χ3v) is 3.44. The maximum Gasteiger partial charge on any atom is 0.0940 e. The van der Waals surface area contributed by atoms with E-state index in [2.05, 4.69) is 30.1 Å². The molecule has 3 aromatic rings. The van der Waals surface area contributed by atoms with E-state index in [-0.39, 0.29) is 0 Å². The molecule has 3 rings (SSSR count). The molecular weight excluding hydrogens is 232 g/mol. The fourth-order valence-corrected chi connectivity index (χ4v) is 2.42. The quantitative estimate of drug-likeness (QED) is 0.704. The molecule has 0 unspecified atom stereocenters. The summed E-state index contributed by atoms with van der Waals surface area (Å²) in [4.78, 5) is 4.69. The van der Waals surface area contributed by atoms with Gasteiger partial charge in [-0.2, -0.15) is 0 Å². The van der Waals surface area contributed by atoms with Crippen molar-refractivity contribution in [3.05, 3.63) is 59.8 Å².